The zero-order valence-corrected chi connectivity index (χ0v) is 30.4. The van der Waals surface area contributed by atoms with E-state index in [0.717, 1.165) is 105 Å². The number of nitrogens with zero attached hydrogens (tertiary/aromatic N) is 2. The molecule has 0 radical (unpaired) electrons. The molecule has 1 unspecified atom stereocenters. The lowest BCUT2D eigenvalue weighted by Crippen LogP contribution is -2.33. The van der Waals surface area contributed by atoms with E-state index in [1.165, 1.54) is 0 Å². The van der Waals surface area contributed by atoms with Gasteiger partial charge in [-0.3, -0.25) is 0 Å². The van der Waals surface area contributed by atoms with Crippen molar-refractivity contribution in [2.75, 3.05) is 0 Å². The Morgan fingerprint density at radius 1 is 0.351 bits per heavy atom. The van der Waals surface area contributed by atoms with Gasteiger partial charge in [0.15, 0.2) is 5.84 Å². The highest BCUT2D eigenvalue weighted by Gasteiger charge is 2.23. The summed E-state index contributed by atoms with van der Waals surface area (Å²) >= 11 is 0. The van der Waals surface area contributed by atoms with Crippen LogP contribution in [-0.2, 0) is 0 Å². The zero-order valence-electron chi connectivity index (χ0n) is 30.4. The number of fused-ring (bicyclic) bond motifs is 9. The van der Waals surface area contributed by atoms with Crippen LogP contribution in [0.1, 0.15) is 22.9 Å². The molecular weight excluding hydrogens is 703 g/mol. The molecule has 0 saturated heterocycles. The first-order valence-electron chi connectivity index (χ1n) is 19.1. The van der Waals surface area contributed by atoms with E-state index in [-0.39, 0.29) is 0 Å². The summed E-state index contributed by atoms with van der Waals surface area (Å²) in [5.41, 5.74) is 12.3. The van der Waals surface area contributed by atoms with Gasteiger partial charge in [-0.2, -0.15) is 0 Å². The predicted octanol–water partition coefficient (Wildman–Crippen LogP) is 13.2. The number of nitrogens with one attached hydrogen (secondary N) is 1. The average Bonchev–Trinajstić information content (AvgIpc) is 3.96. The average molecular weight is 734 g/mol. The van der Waals surface area contributed by atoms with Gasteiger partial charge >= 0.3 is 0 Å². The summed E-state index contributed by atoms with van der Waals surface area (Å²) in [6.07, 6.45) is -0.419. The Morgan fingerprint density at radius 3 is 1.63 bits per heavy atom. The van der Waals surface area contributed by atoms with Gasteiger partial charge in [0.25, 0.3) is 0 Å². The zero-order chi connectivity index (χ0) is 37.5. The molecule has 1 N–H and O–H groups in total. The third-order valence-corrected chi connectivity index (χ3v) is 11.1. The molecule has 1 atom stereocenters. The molecule has 0 aliphatic carbocycles. The maximum Gasteiger partial charge on any atom is 0.159 e. The molecule has 6 heteroatoms. The number of benzene rings is 8. The van der Waals surface area contributed by atoms with Crippen molar-refractivity contribution in [2.24, 2.45) is 9.98 Å². The van der Waals surface area contributed by atoms with Crippen LogP contribution in [0, 0.1) is 0 Å². The Bertz CT molecular complexity index is 3460. The normalized spacial score (nSPS) is 14.5. The topological polar surface area (TPSA) is 76.2 Å². The van der Waals surface area contributed by atoms with Crippen LogP contribution in [0.4, 0.5) is 0 Å². The summed E-state index contributed by atoms with van der Waals surface area (Å²) < 4.78 is 19.0. The van der Waals surface area contributed by atoms with Crippen LogP contribution in [0.25, 0.3) is 88.1 Å². The third-order valence-electron chi connectivity index (χ3n) is 11.1. The van der Waals surface area contributed by atoms with Gasteiger partial charge in [0, 0.05) is 43.4 Å². The summed E-state index contributed by atoms with van der Waals surface area (Å²) in [5, 5.41) is 10.2. The molecule has 0 fully saturated rings. The minimum absolute atomic E-state index is 0.419. The quantitative estimate of drug-likeness (QED) is 0.191. The van der Waals surface area contributed by atoms with Crippen LogP contribution in [0.15, 0.2) is 199 Å². The highest BCUT2D eigenvalue weighted by molar-refractivity contribution is 6.16. The van der Waals surface area contributed by atoms with Crippen molar-refractivity contribution in [1.29, 1.82) is 0 Å². The van der Waals surface area contributed by atoms with Crippen LogP contribution in [-0.4, -0.2) is 11.7 Å². The van der Waals surface area contributed by atoms with Gasteiger partial charge in [0.05, 0.1) is 0 Å². The Hall–Kier alpha value is -7.70. The fourth-order valence-corrected chi connectivity index (χ4v) is 8.29. The number of amidine groups is 2. The lowest BCUT2D eigenvalue weighted by molar-refractivity contribution is 0.666. The molecule has 1 aliphatic heterocycles. The van der Waals surface area contributed by atoms with Crippen molar-refractivity contribution in [3.8, 4) is 22.3 Å². The van der Waals surface area contributed by atoms with Gasteiger partial charge in [-0.15, -0.1) is 0 Å². The molecule has 0 bridgehead atoms. The number of hydrogen-bond acceptors (Lipinski definition) is 6. The number of aliphatic imine (C=N–C) groups is 2. The molecule has 0 spiro atoms. The maximum absolute atomic E-state index is 6.52. The van der Waals surface area contributed by atoms with Crippen LogP contribution in [0.3, 0.4) is 0 Å². The molecule has 4 heterocycles. The Balaban J connectivity index is 0.970. The second-order valence-electron chi connectivity index (χ2n) is 14.6. The molecule has 1 aliphatic rings. The monoisotopic (exact) mass is 733 g/mol. The van der Waals surface area contributed by atoms with Gasteiger partial charge in [-0.1, -0.05) is 109 Å². The fourth-order valence-electron chi connectivity index (χ4n) is 8.29. The van der Waals surface area contributed by atoms with Gasteiger partial charge in [-0.25, -0.2) is 9.98 Å². The fraction of sp³-hybridized carbons (Fsp3) is 0.0196. The molecule has 3 aromatic heterocycles. The highest BCUT2D eigenvalue weighted by atomic mass is 16.3. The van der Waals surface area contributed by atoms with Gasteiger partial charge in [-0.05, 0) is 94.5 Å². The number of hydrogen-bond donors (Lipinski definition) is 1. The van der Waals surface area contributed by atoms with Crippen molar-refractivity contribution in [3.63, 3.8) is 0 Å². The smallest absolute Gasteiger partial charge is 0.159 e. The number of para-hydroxylation sites is 2. The first-order valence-corrected chi connectivity index (χ1v) is 19.1. The Morgan fingerprint density at radius 2 is 0.860 bits per heavy atom. The standard InChI is InChI=1S/C51H31N3O3/c1-2-9-30(10-3-1)33-17-21-40-41-23-19-36(29-48(41)57-46(40)27-33)51-53-49(52-50(54-51)35-18-22-39-37-13-4-6-15-43(37)56-47(39)28-35)34-12-8-11-31(25-34)32-20-24-45-42(26-32)38-14-5-7-16-44(38)55-45/h1-29,49H,(H,52,53,54). The van der Waals surface area contributed by atoms with Crippen LogP contribution in [0.5, 0.6) is 0 Å². The van der Waals surface area contributed by atoms with E-state index in [0.29, 0.717) is 11.7 Å². The lowest BCUT2D eigenvalue weighted by atomic mass is 9.99. The third kappa shape index (κ3) is 5.26. The molecule has 11 aromatic rings. The molecular formula is C51H31N3O3. The highest BCUT2D eigenvalue weighted by Crippen LogP contribution is 2.36. The summed E-state index contributed by atoms with van der Waals surface area (Å²) in [5.74, 6) is 1.32. The number of rotatable bonds is 5. The van der Waals surface area contributed by atoms with Gasteiger partial charge in [0.1, 0.15) is 45.5 Å². The van der Waals surface area contributed by atoms with E-state index in [1.54, 1.807) is 0 Å². The van der Waals surface area contributed by atoms with Gasteiger partial charge in [0.2, 0.25) is 0 Å². The molecule has 8 aromatic carbocycles. The second kappa shape index (κ2) is 12.4. The minimum Gasteiger partial charge on any atom is -0.456 e. The molecule has 57 heavy (non-hydrogen) atoms. The molecule has 6 nitrogen and oxygen atoms in total. The minimum atomic E-state index is -0.419. The SMILES string of the molecule is c1ccc(-c2ccc3c(c2)oc2cc(C4=NC(c5cccc(-c6ccc7oc8ccccc8c7c6)c5)NC(c5ccc6c(c5)oc5ccccc56)=N4)ccc23)cc1. The van der Waals surface area contributed by atoms with Crippen LogP contribution >= 0.6 is 0 Å². The molecule has 12 rings (SSSR count). The summed E-state index contributed by atoms with van der Waals surface area (Å²) in [7, 11) is 0. The Kier molecular flexibility index (Phi) is 6.89. The molecule has 0 amide bonds. The van der Waals surface area contributed by atoms with E-state index >= 15 is 0 Å². The van der Waals surface area contributed by atoms with E-state index in [1.807, 2.05) is 42.5 Å². The van der Waals surface area contributed by atoms with E-state index in [4.69, 9.17) is 23.2 Å². The molecule has 268 valence electrons. The summed E-state index contributed by atoms with van der Waals surface area (Å²) in [4.78, 5) is 10.4. The lowest BCUT2D eigenvalue weighted by Gasteiger charge is -2.24. The van der Waals surface area contributed by atoms with Crippen molar-refractivity contribution in [2.45, 2.75) is 6.17 Å². The summed E-state index contributed by atoms with van der Waals surface area (Å²) in [6.45, 7) is 0. The van der Waals surface area contributed by atoms with Crippen molar-refractivity contribution in [3.05, 3.63) is 193 Å². The van der Waals surface area contributed by atoms with Crippen LogP contribution < -0.4 is 5.32 Å². The Labute approximate surface area is 326 Å². The number of furan rings is 3. The van der Waals surface area contributed by atoms with E-state index in [9.17, 15) is 0 Å². The first kappa shape index (κ1) is 31.6. The molecule has 0 saturated carbocycles. The van der Waals surface area contributed by atoms with Crippen molar-refractivity contribution >= 4 is 77.5 Å². The summed E-state index contributed by atoms with van der Waals surface area (Å²) in [6, 6.07) is 60.6. The van der Waals surface area contributed by atoms with Gasteiger partial charge < -0.3 is 18.6 Å². The second-order valence-corrected chi connectivity index (χ2v) is 14.6. The van der Waals surface area contributed by atoms with E-state index < -0.39 is 6.17 Å². The largest absolute Gasteiger partial charge is 0.456 e. The van der Waals surface area contributed by atoms with Crippen molar-refractivity contribution in [1.82, 2.24) is 5.32 Å². The first-order chi connectivity index (χ1) is 28.2. The van der Waals surface area contributed by atoms with E-state index in [2.05, 4.69) is 139 Å². The maximum atomic E-state index is 6.52. The predicted molar refractivity (Wildman–Crippen MR) is 231 cm³/mol. The van der Waals surface area contributed by atoms with Crippen LogP contribution in [0.2, 0.25) is 0 Å². The van der Waals surface area contributed by atoms with Crippen molar-refractivity contribution < 1.29 is 13.3 Å².